The zero-order valence-electron chi connectivity index (χ0n) is 12.6. The summed E-state index contributed by atoms with van der Waals surface area (Å²) in [6, 6.07) is 1.99. The number of nitrogens with one attached hydrogen (secondary N) is 1. The van der Waals surface area contributed by atoms with Gasteiger partial charge in [-0.1, -0.05) is 12.2 Å². The molecule has 1 aromatic heterocycles. The number of aliphatic carboxylic acids is 1. The van der Waals surface area contributed by atoms with Gasteiger partial charge in [-0.3, -0.25) is 9.59 Å². The minimum atomic E-state index is -0.894. The van der Waals surface area contributed by atoms with Crippen LogP contribution in [-0.4, -0.2) is 17.0 Å². The van der Waals surface area contributed by atoms with E-state index in [-0.39, 0.29) is 11.9 Å². The summed E-state index contributed by atoms with van der Waals surface area (Å²) in [7, 11) is 0. The molecule has 0 bridgehead atoms. The fourth-order valence-electron chi connectivity index (χ4n) is 2.86. The third kappa shape index (κ3) is 3.53. The average Bonchev–Trinajstić information content (AvgIpc) is 2.77. The molecule has 0 spiro atoms. The molecule has 1 aliphatic rings. The van der Waals surface area contributed by atoms with Gasteiger partial charge in [-0.2, -0.15) is 0 Å². The Balaban J connectivity index is 2.08. The molecule has 1 heterocycles. The Labute approximate surface area is 128 Å². The van der Waals surface area contributed by atoms with E-state index in [0.717, 1.165) is 5.56 Å². The van der Waals surface area contributed by atoms with Gasteiger partial charge >= 0.3 is 5.97 Å². The lowest BCUT2D eigenvalue weighted by atomic mass is 9.82. The van der Waals surface area contributed by atoms with E-state index in [2.05, 4.69) is 11.4 Å². The first-order valence-corrected chi connectivity index (χ1v) is 7.97. The molecule has 2 N–H and O–H groups in total. The zero-order chi connectivity index (χ0) is 15.6. The summed E-state index contributed by atoms with van der Waals surface area (Å²) in [5, 5.41) is 12.2. The van der Waals surface area contributed by atoms with Crippen LogP contribution >= 0.6 is 11.3 Å². The van der Waals surface area contributed by atoms with Crippen LogP contribution < -0.4 is 5.32 Å². The number of rotatable bonds is 4. The van der Waals surface area contributed by atoms with Crippen molar-refractivity contribution in [2.75, 3.05) is 0 Å². The molecule has 0 radical (unpaired) electrons. The van der Waals surface area contributed by atoms with Crippen molar-refractivity contribution >= 4 is 23.2 Å². The number of carbonyl (C=O) groups excluding carboxylic acids is 1. The number of amides is 1. The van der Waals surface area contributed by atoms with Crippen molar-refractivity contribution in [1.29, 1.82) is 0 Å². The quantitative estimate of drug-likeness (QED) is 0.839. The Hall–Kier alpha value is -1.62. The number of aryl methyl sites for hydroxylation is 2. The summed E-state index contributed by atoms with van der Waals surface area (Å²) in [6.45, 7) is 6.03. The molecule has 1 aromatic rings. The number of allylic oxidation sites excluding steroid dienone is 2. The van der Waals surface area contributed by atoms with Crippen molar-refractivity contribution in [2.45, 2.75) is 39.7 Å². The maximum Gasteiger partial charge on any atom is 0.307 e. The second-order valence-corrected chi connectivity index (χ2v) is 7.05. The molecule has 0 saturated carbocycles. The lowest BCUT2D eigenvalue weighted by Crippen LogP contribution is -2.39. The van der Waals surface area contributed by atoms with Crippen LogP contribution in [0.1, 0.15) is 41.1 Å². The molecule has 5 heteroatoms. The number of carboxylic acids is 1. The molecule has 114 valence electrons. The molecule has 3 atom stereocenters. The van der Waals surface area contributed by atoms with Gasteiger partial charge in [-0.05, 0) is 45.2 Å². The van der Waals surface area contributed by atoms with E-state index >= 15 is 0 Å². The van der Waals surface area contributed by atoms with Gasteiger partial charge in [0.25, 0.3) is 0 Å². The summed E-state index contributed by atoms with van der Waals surface area (Å²) in [5.74, 6) is -2.15. The highest BCUT2D eigenvalue weighted by atomic mass is 32.1. The van der Waals surface area contributed by atoms with Crippen LogP contribution in [0.15, 0.2) is 18.2 Å². The first-order valence-electron chi connectivity index (χ1n) is 7.15. The van der Waals surface area contributed by atoms with Crippen LogP contribution in [-0.2, 0) is 9.59 Å². The maximum absolute atomic E-state index is 12.4. The second kappa shape index (κ2) is 6.43. The van der Waals surface area contributed by atoms with Gasteiger partial charge in [0, 0.05) is 9.75 Å². The number of hydrogen-bond acceptors (Lipinski definition) is 3. The van der Waals surface area contributed by atoms with E-state index < -0.39 is 17.8 Å². The van der Waals surface area contributed by atoms with Crippen molar-refractivity contribution in [1.82, 2.24) is 5.32 Å². The van der Waals surface area contributed by atoms with Gasteiger partial charge in [0.05, 0.1) is 17.9 Å². The van der Waals surface area contributed by atoms with Crippen LogP contribution in [0.3, 0.4) is 0 Å². The molecular weight excluding hydrogens is 286 g/mol. The highest BCUT2D eigenvalue weighted by Crippen LogP contribution is 2.29. The molecule has 0 unspecified atom stereocenters. The number of carbonyl (C=O) groups is 2. The van der Waals surface area contributed by atoms with Crippen LogP contribution in [0.5, 0.6) is 0 Å². The normalized spacial score (nSPS) is 22.8. The van der Waals surface area contributed by atoms with Crippen molar-refractivity contribution in [3.63, 3.8) is 0 Å². The van der Waals surface area contributed by atoms with E-state index in [1.807, 2.05) is 32.9 Å². The summed E-state index contributed by atoms with van der Waals surface area (Å²) in [5.41, 5.74) is 1.11. The Morgan fingerprint density at radius 2 is 1.90 bits per heavy atom. The third-order valence-electron chi connectivity index (χ3n) is 3.99. The average molecular weight is 307 g/mol. The number of hydrogen-bond donors (Lipinski definition) is 2. The van der Waals surface area contributed by atoms with Gasteiger partial charge < -0.3 is 10.4 Å². The van der Waals surface area contributed by atoms with Crippen molar-refractivity contribution in [3.05, 3.63) is 33.5 Å². The van der Waals surface area contributed by atoms with E-state index in [0.29, 0.717) is 12.8 Å². The van der Waals surface area contributed by atoms with Gasteiger partial charge in [-0.25, -0.2) is 0 Å². The SMILES string of the molecule is Cc1cc([C@H](C)NC(=O)[C@H]2CC=CC[C@@H]2C(=O)O)c(C)s1. The highest BCUT2D eigenvalue weighted by Gasteiger charge is 2.34. The van der Waals surface area contributed by atoms with Gasteiger partial charge in [0.15, 0.2) is 0 Å². The van der Waals surface area contributed by atoms with Crippen LogP contribution in [0.25, 0.3) is 0 Å². The molecule has 1 amide bonds. The Morgan fingerprint density at radius 3 is 2.43 bits per heavy atom. The summed E-state index contributed by atoms with van der Waals surface area (Å²) >= 11 is 1.71. The Kier molecular flexibility index (Phi) is 4.83. The molecule has 0 saturated heterocycles. The van der Waals surface area contributed by atoms with E-state index in [9.17, 15) is 14.7 Å². The summed E-state index contributed by atoms with van der Waals surface area (Å²) < 4.78 is 0. The fraction of sp³-hybridized carbons (Fsp3) is 0.500. The molecule has 2 rings (SSSR count). The molecule has 0 aromatic carbocycles. The number of carboxylic acid groups (broad SMARTS) is 1. The predicted octanol–water partition coefficient (Wildman–Crippen LogP) is 3.21. The summed E-state index contributed by atoms with van der Waals surface area (Å²) in [4.78, 5) is 26.1. The molecule has 4 nitrogen and oxygen atoms in total. The molecule has 0 fully saturated rings. The van der Waals surface area contributed by atoms with Crippen molar-refractivity contribution in [2.24, 2.45) is 11.8 Å². The number of thiophene rings is 1. The minimum absolute atomic E-state index is 0.0946. The monoisotopic (exact) mass is 307 g/mol. The Bertz CT molecular complexity index is 576. The van der Waals surface area contributed by atoms with Crippen LogP contribution in [0.2, 0.25) is 0 Å². The van der Waals surface area contributed by atoms with Gasteiger partial charge in [0.1, 0.15) is 0 Å². The lowest BCUT2D eigenvalue weighted by molar-refractivity contribution is -0.147. The topological polar surface area (TPSA) is 66.4 Å². The maximum atomic E-state index is 12.4. The first-order chi connectivity index (χ1) is 9.90. The van der Waals surface area contributed by atoms with E-state index in [4.69, 9.17) is 0 Å². The molecule has 1 aliphatic carbocycles. The van der Waals surface area contributed by atoms with Crippen molar-refractivity contribution in [3.8, 4) is 0 Å². The highest BCUT2D eigenvalue weighted by molar-refractivity contribution is 7.12. The van der Waals surface area contributed by atoms with Gasteiger partial charge in [-0.15, -0.1) is 11.3 Å². The standard InChI is InChI=1S/C16H21NO3S/c1-9-8-14(11(3)21-9)10(2)17-15(18)12-6-4-5-7-13(12)16(19)20/h4-5,8,10,12-13H,6-7H2,1-3H3,(H,17,18)(H,19,20)/t10-,12-,13-/m0/s1. The van der Waals surface area contributed by atoms with Crippen LogP contribution in [0, 0.1) is 25.7 Å². The van der Waals surface area contributed by atoms with Gasteiger partial charge in [0.2, 0.25) is 5.91 Å². The van der Waals surface area contributed by atoms with Crippen LogP contribution in [0.4, 0.5) is 0 Å². The molecular formula is C16H21NO3S. The molecule has 0 aliphatic heterocycles. The zero-order valence-corrected chi connectivity index (χ0v) is 13.4. The first kappa shape index (κ1) is 15.8. The van der Waals surface area contributed by atoms with Crippen molar-refractivity contribution < 1.29 is 14.7 Å². The Morgan fingerprint density at radius 1 is 1.29 bits per heavy atom. The summed E-state index contributed by atoms with van der Waals surface area (Å²) in [6.07, 6.45) is 4.67. The van der Waals surface area contributed by atoms with E-state index in [1.165, 1.54) is 9.75 Å². The minimum Gasteiger partial charge on any atom is -0.481 e. The third-order valence-corrected chi connectivity index (χ3v) is 4.97. The second-order valence-electron chi connectivity index (χ2n) is 5.59. The smallest absolute Gasteiger partial charge is 0.307 e. The lowest BCUT2D eigenvalue weighted by Gasteiger charge is -2.26. The van der Waals surface area contributed by atoms with E-state index in [1.54, 1.807) is 11.3 Å². The largest absolute Gasteiger partial charge is 0.481 e. The molecule has 21 heavy (non-hydrogen) atoms. The predicted molar refractivity (Wildman–Crippen MR) is 83.3 cm³/mol. The fourth-order valence-corrected chi connectivity index (χ4v) is 3.88.